The van der Waals surface area contributed by atoms with Crippen molar-refractivity contribution >= 4 is 29.2 Å². The lowest BCUT2D eigenvalue weighted by molar-refractivity contribution is -0.150. The molecule has 2 amide bonds. The van der Waals surface area contributed by atoms with Crippen LogP contribution in [0.15, 0.2) is 54.6 Å². The van der Waals surface area contributed by atoms with Crippen molar-refractivity contribution in [1.29, 1.82) is 0 Å². The molecule has 0 saturated heterocycles. The molecular formula is C29H40N2O4. The molecule has 0 saturated carbocycles. The van der Waals surface area contributed by atoms with Crippen LogP contribution in [-0.4, -0.2) is 24.4 Å². The molecule has 1 atom stereocenters. The Morgan fingerprint density at radius 3 is 1.91 bits per heavy atom. The van der Waals surface area contributed by atoms with E-state index in [1.165, 1.54) is 38.5 Å². The zero-order valence-corrected chi connectivity index (χ0v) is 21.2. The molecule has 2 rings (SSSR count). The molecule has 2 aromatic rings. The minimum atomic E-state index is -0.941. The molecule has 2 N–H and O–H groups in total. The molecule has 1 unspecified atom stereocenters. The summed E-state index contributed by atoms with van der Waals surface area (Å²) in [6.07, 6.45) is 10.3. The molecule has 6 nitrogen and oxygen atoms in total. The third kappa shape index (κ3) is 11.2. The van der Waals surface area contributed by atoms with Gasteiger partial charge in [-0.25, -0.2) is 0 Å². The highest BCUT2D eigenvalue weighted by Crippen LogP contribution is 2.18. The van der Waals surface area contributed by atoms with E-state index in [0.717, 1.165) is 18.4 Å². The minimum absolute atomic E-state index is 0.00185. The van der Waals surface area contributed by atoms with Crippen molar-refractivity contribution in [1.82, 2.24) is 0 Å². The lowest BCUT2D eigenvalue weighted by Crippen LogP contribution is -2.33. The summed E-state index contributed by atoms with van der Waals surface area (Å²) >= 11 is 0. The number of rotatable bonds is 16. The molecule has 35 heavy (non-hydrogen) atoms. The summed E-state index contributed by atoms with van der Waals surface area (Å²) in [5.74, 6) is -1.90. The van der Waals surface area contributed by atoms with Gasteiger partial charge in [-0.2, -0.15) is 0 Å². The van der Waals surface area contributed by atoms with Gasteiger partial charge in [0.05, 0.1) is 6.61 Å². The lowest BCUT2D eigenvalue weighted by Gasteiger charge is -2.16. The molecule has 0 heterocycles. The molecule has 0 aliphatic heterocycles. The number of carbonyl (C=O) groups is 3. The van der Waals surface area contributed by atoms with Crippen molar-refractivity contribution in [3.05, 3.63) is 60.2 Å². The zero-order valence-electron chi connectivity index (χ0n) is 21.2. The molecule has 0 radical (unpaired) electrons. The number of hydrogen-bond donors (Lipinski definition) is 2. The van der Waals surface area contributed by atoms with Crippen LogP contribution in [0.3, 0.4) is 0 Å². The Balaban J connectivity index is 1.80. The topological polar surface area (TPSA) is 84.5 Å². The van der Waals surface area contributed by atoms with Gasteiger partial charge in [-0.05, 0) is 49.6 Å². The highest BCUT2D eigenvalue weighted by molar-refractivity contribution is 6.05. The molecule has 0 aliphatic carbocycles. The summed E-state index contributed by atoms with van der Waals surface area (Å²) in [5, 5.41) is 5.70. The van der Waals surface area contributed by atoms with Crippen LogP contribution in [0.4, 0.5) is 11.4 Å². The predicted molar refractivity (Wildman–Crippen MR) is 141 cm³/mol. The first-order valence-corrected chi connectivity index (χ1v) is 12.9. The number of esters is 1. The number of benzene rings is 2. The summed E-state index contributed by atoms with van der Waals surface area (Å²) in [6, 6.07) is 16.3. The number of ether oxygens (including phenoxy) is 1. The quantitative estimate of drug-likeness (QED) is 0.163. The van der Waals surface area contributed by atoms with Crippen molar-refractivity contribution in [2.24, 2.45) is 5.92 Å². The Labute approximate surface area is 209 Å². The first kappa shape index (κ1) is 28.1. The first-order valence-electron chi connectivity index (χ1n) is 12.9. The Morgan fingerprint density at radius 1 is 0.743 bits per heavy atom. The molecule has 190 valence electrons. The normalized spacial score (nSPS) is 11.5. The fourth-order valence-electron chi connectivity index (χ4n) is 3.88. The van der Waals surface area contributed by atoms with Crippen LogP contribution >= 0.6 is 0 Å². The molecule has 2 aromatic carbocycles. The second kappa shape index (κ2) is 16.5. The van der Waals surface area contributed by atoms with Crippen molar-refractivity contribution in [2.75, 3.05) is 17.2 Å². The van der Waals surface area contributed by atoms with Crippen LogP contribution in [0.25, 0.3) is 0 Å². The van der Waals surface area contributed by atoms with E-state index in [9.17, 15) is 14.4 Å². The Morgan fingerprint density at radius 2 is 1.31 bits per heavy atom. The van der Waals surface area contributed by atoms with E-state index in [4.69, 9.17) is 4.74 Å². The van der Waals surface area contributed by atoms with E-state index >= 15 is 0 Å². The summed E-state index contributed by atoms with van der Waals surface area (Å²) in [4.78, 5) is 37.5. The highest BCUT2D eigenvalue weighted by atomic mass is 16.5. The van der Waals surface area contributed by atoms with Gasteiger partial charge in [-0.3, -0.25) is 14.4 Å². The number of carbonyl (C=O) groups excluding carboxylic acids is 3. The van der Waals surface area contributed by atoms with Crippen LogP contribution in [0.2, 0.25) is 0 Å². The van der Waals surface area contributed by atoms with Crippen LogP contribution in [-0.2, 0) is 25.5 Å². The minimum Gasteiger partial charge on any atom is -0.465 e. The van der Waals surface area contributed by atoms with Crippen LogP contribution in [0.1, 0.15) is 77.2 Å². The number of nitrogens with one attached hydrogen (secondary N) is 2. The zero-order chi connectivity index (χ0) is 25.3. The SMILES string of the molecule is CCCCCCCCCCC(=O)Nc1ccc(NC(=O)C(Cc2ccccc2)C(=O)OCC)cc1. The second-order valence-electron chi connectivity index (χ2n) is 8.83. The van der Waals surface area contributed by atoms with Crippen LogP contribution in [0.5, 0.6) is 0 Å². The largest absolute Gasteiger partial charge is 0.465 e. The van der Waals surface area contributed by atoms with E-state index in [-0.39, 0.29) is 18.9 Å². The maximum absolute atomic E-state index is 12.9. The summed E-state index contributed by atoms with van der Waals surface area (Å²) in [5.41, 5.74) is 2.12. The van der Waals surface area contributed by atoms with Gasteiger partial charge in [0.1, 0.15) is 5.92 Å². The van der Waals surface area contributed by atoms with E-state index in [1.807, 2.05) is 30.3 Å². The van der Waals surface area contributed by atoms with Crippen molar-refractivity contribution in [3.63, 3.8) is 0 Å². The molecule has 0 spiro atoms. The molecule has 0 aromatic heterocycles. The smallest absolute Gasteiger partial charge is 0.318 e. The highest BCUT2D eigenvalue weighted by Gasteiger charge is 2.28. The Hall–Kier alpha value is -3.15. The first-order chi connectivity index (χ1) is 17.0. The molecule has 6 heteroatoms. The summed E-state index contributed by atoms with van der Waals surface area (Å²) < 4.78 is 5.12. The van der Waals surface area contributed by atoms with Gasteiger partial charge < -0.3 is 15.4 Å². The number of amides is 2. The lowest BCUT2D eigenvalue weighted by atomic mass is 9.98. The van der Waals surface area contributed by atoms with E-state index in [0.29, 0.717) is 17.8 Å². The molecule has 0 aliphatic rings. The van der Waals surface area contributed by atoms with Gasteiger partial charge in [-0.1, -0.05) is 82.2 Å². The predicted octanol–water partition coefficient (Wildman–Crippen LogP) is 6.52. The number of hydrogen-bond acceptors (Lipinski definition) is 4. The van der Waals surface area contributed by atoms with Gasteiger partial charge in [0.25, 0.3) is 0 Å². The number of unbranched alkanes of at least 4 members (excludes halogenated alkanes) is 7. The third-order valence-corrected chi connectivity index (χ3v) is 5.86. The Kier molecular flexibility index (Phi) is 13.2. The van der Waals surface area contributed by atoms with E-state index < -0.39 is 17.8 Å². The van der Waals surface area contributed by atoms with Gasteiger partial charge in [-0.15, -0.1) is 0 Å². The van der Waals surface area contributed by atoms with E-state index in [1.54, 1.807) is 31.2 Å². The molecule has 0 fully saturated rings. The molecular weight excluding hydrogens is 440 g/mol. The third-order valence-electron chi connectivity index (χ3n) is 5.86. The van der Waals surface area contributed by atoms with Crippen LogP contribution in [0, 0.1) is 5.92 Å². The monoisotopic (exact) mass is 480 g/mol. The van der Waals surface area contributed by atoms with Crippen molar-refractivity contribution in [3.8, 4) is 0 Å². The maximum atomic E-state index is 12.9. The van der Waals surface area contributed by atoms with Crippen LogP contribution < -0.4 is 10.6 Å². The van der Waals surface area contributed by atoms with Gasteiger partial charge >= 0.3 is 5.97 Å². The van der Waals surface area contributed by atoms with E-state index in [2.05, 4.69) is 17.6 Å². The van der Waals surface area contributed by atoms with Gasteiger partial charge in [0.2, 0.25) is 11.8 Å². The fourth-order valence-corrected chi connectivity index (χ4v) is 3.88. The van der Waals surface area contributed by atoms with Gasteiger partial charge in [0, 0.05) is 17.8 Å². The fraction of sp³-hybridized carbons (Fsp3) is 0.483. The summed E-state index contributed by atoms with van der Waals surface area (Å²) in [6.45, 7) is 4.15. The average molecular weight is 481 g/mol. The summed E-state index contributed by atoms with van der Waals surface area (Å²) in [7, 11) is 0. The number of anilines is 2. The average Bonchev–Trinajstić information content (AvgIpc) is 2.86. The maximum Gasteiger partial charge on any atom is 0.318 e. The van der Waals surface area contributed by atoms with Crippen molar-refractivity contribution in [2.45, 2.75) is 78.1 Å². The Bertz CT molecular complexity index is 897. The van der Waals surface area contributed by atoms with Crippen molar-refractivity contribution < 1.29 is 19.1 Å². The standard InChI is InChI=1S/C29H40N2O4/c1-3-5-6-7-8-9-10-14-17-27(32)30-24-18-20-25(21-19-24)31-28(33)26(29(34)35-4-2)22-23-15-12-11-13-16-23/h11-13,15-16,18-21,26H,3-10,14,17,22H2,1-2H3,(H,30,32)(H,31,33). The second-order valence-corrected chi connectivity index (χ2v) is 8.83. The molecule has 0 bridgehead atoms. The van der Waals surface area contributed by atoms with Gasteiger partial charge in [0.15, 0.2) is 0 Å².